The second kappa shape index (κ2) is 7.60. The predicted molar refractivity (Wildman–Crippen MR) is 110 cm³/mol. The zero-order valence-corrected chi connectivity index (χ0v) is 16.6. The van der Waals surface area contributed by atoms with E-state index in [1.807, 2.05) is 25.1 Å². The van der Waals surface area contributed by atoms with Gasteiger partial charge in [0.1, 0.15) is 11.5 Å². The largest absolute Gasteiger partial charge is 0.360 e. The Kier molecular flexibility index (Phi) is 5.01. The predicted octanol–water partition coefficient (Wildman–Crippen LogP) is 3.84. The molecule has 2 heterocycles. The van der Waals surface area contributed by atoms with E-state index in [0.29, 0.717) is 6.54 Å². The topological polar surface area (TPSA) is 49.6 Å². The van der Waals surface area contributed by atoms with Gasteiger partial charge in [-0.2, -0.15) is 0 Å². The summed E-state index contributed by atoms with van der Waals surface area (Å²) in [5, 5.41) is 4.35. The van der Waals surface area contributed by atoms with E-state index in [1.165, 1.54) is 11.1 Å². The molecule has 2 aromatic carbocycles. The van der Waals surface area contributed by atoms with Crippen LogP contribution in [0, 0.1) is 0 Å². The SMILES string of the molecule is C[C@H](C(=O)N(C)C)N1CCc2onc(-c3ccc(-c4ccccc4)cc3)c2C1. The average molecular weight is 375 g/mol. The molecule has 0 radical (unpaired) electrons. The number of fused-ring (bicyclic) bond motifs is 1. The van der Waals surface area contributed by atoms with E-state index < -0.39 is 0 Å². The molecule has 0 unspecified atom stereocenters. The molecule has 1 aromatic heterocycles. The highest BCUT2D eigenvalue weighted by atomic mass is 16.5. The van der Waals surface area contributed by atoms with Crippen molar-refractivity contribution in [2.24, 2.45) is 0 Å². The first-order chi connectivity index (χ1) is 13.5. The van der Waals surface area contributed by atoms with Crippen molar-refractivity contribution in [2.75, 3.05) is 20.6 Å². The second-order valence-electron chi connectivity index (χ2n) is 7.51. The van der Waals surface area contributed by atoms with Gasteiger partial charge in [0.05, 0.1) is 6.04 Å². The maximum absolute atomic E-state index is 12.4. The molecule has 5 heteroatoms. The fraction of sp³-hybridized carbons (Fsp3) is 0.304. The third-order valence-electron chi connectivity index (χ3n) is 5.47. The third-order valence-corrected chi connectivity index (χ3v) is 5.47. The van der Waals surface area contributed by atoms with Crippen LogP contribution in [0.1, 0.15) is 18.2 Å². The Hall–Kier alpha value is -2.92. The number of carbonyl (C=O) groups is 1. The van der Waals surface area contributed by atoms with Crippen molar-refractivity contribution in [2.45, 2.75) is 25.9 Å². The lowest BCUT2D eigenvalue weighted by atomic mass is 9.98. The first kappa shape index (κ1) is 18.4. The smallest absolute Gasteiger partial charge is 0.239 e. The van der Waals surface area contributed by atoms with E-state index in [-0.39, 0.29) is 11.9 Å². The van der Waals surface area contributed by atoms with Crippen LogP contribution in [-0.4, -0.2) is 47.5 Å². The summed E-state index contributed by atoms with van der Waals surface area (Å²) in [5.41, 5.74) is 5.38. The van der Waals surface area contributed by atoms with Crippen molar-refractivity contribution in [1.29, 1.82) is 0 Å². The number of amides is 1. The van der Waals surface area contributed by atoms with Crippen LogP contribution in [0.15, 0.2) is 59.1 Å². The summed E-state index contributed by atoms with van der Waals surface area (Å²) < 4.78 is 5.62. The molecule has 1 aliphatic heterocycles. The minimum absolute atomic E-state index is 0.119. The van der Waals surface area contributed by atoms with Gasteiger partial charge in [-0.1, -0.05) is 59.8 Å². The first-order valence-corrected chi connectivity index (χ1v) is 9.63. The van der Waals surface area contributed by atoms with Crippen molar-refractivity contribution in [3.8, 4) is 22.4 Å². The van der Waals surface area contributed by atoms with E-state index in [2.05, 4.69) is 46.5 Å². The molecule has 0 saturated carbocycles. The molecule has 0 spiro atoms. The number of benzene rings is 2. The molecule has 0 bridgehead atoms. The lowest BCUT2D eigenvalue weighted by Gasteiger charge is -2.32. The third kappa shape index (κ3) is 3.45. The van der Waals surface area contributed by atoms with Crippen LogP contribution in [0.3, 0.4) is 0 Å². The van der Waals surface area contributed by atoms with Gasteiger partial charge in [0.25, 0.3) is 0 Å². The quantitative estimate of drug-likeness (QED) is 0.695. The highest BCUT2D eigenvalue weighted by Crippen LogP contribution is 2.32. The van der Waals surface area contributed by atoms with E-state index in [4.69, 9.17) is 4.52 Å². The summed E-state index contributed by atoms with van der Waals surface area (Å²) in [6, 6.07) is 18.6. The van der Waals surface area contributed by atoms with Crippen molar-refractivity contribution in [1.82, 2.24) is 15.0 Å². The number of rotatable bonds is 4. The first-order valence-electron chi connectivity index (χ1n) is 9.63. The second-order valence-corrected chi connectivity index (χ2v) is 7.51. The zero-order valence-electron chi connectivity index (χ0n) is 16.6. The van der Waals surface area contributed by atoms with E-state index in [1.54, 1.807) is 19.0 Å². The summed E-state index contributed by atoms with van der Waals surface area (Å²) >= 11 is 0. The number of aromatic nitrogens is 1. The summed E-state index contributed by atoms with van der Waals surface area (Å²) in [6.45, 7) is 3.44. The maximum atomic E-state index is 12.4. The maximum Gasteiger partial charge on any atom is 0.239 e. The van der Waals surface area contributed by atoms with Crippen molar-refractivity contribution in [3.05, 3.63) is 65.9 Å². The van der Waals surface area contributed by atoms with Crippen LogP contribution in [-0.2, 0) is 17.8 Å². The molecule has 1 aliphatic rings. The van der Waals surface area contributed by atoms with Crippen LogP contribution in [0.4, 0.5) is 0 Å². The van der Waals surface area contributed by atoms with Crippen molar-refractivity contribution in [3.63, 3.8) is 0 Å². The molecule has 4 rings (SSSR count). The highest BCUT2D eigenvalue weighted by molar-refractivity contribution is 5.81. The Bertz CT molecular complexity index is 961. The molecule has 0 saturated heterocycles. The van der Waals surface area contributed by atoms with Crippen LogP contribution in [0.25, 0.3) is 22.4 Å². The number of nitrogens with zero attached hydrogens (tertiary/aromatic N) is 3. The summed E-state index contributed by atoms with van der Waals surface area (Å²) in [7, 11) is 3.60. The number of carbonyl (C=O) groups excluding carboxylic acids is 1. The molecule has 28 heavy (non-hydrogen) atoms. The summed E-state index contributed by atoms with van der Waals surface area (Å²) in [5.74, 6) is 1.05. The molecule has 0 N–H and O–H groups in total. The van der Waals surface area contributed by atoms with Crippen LogP contribution in [0.2, 0.25) is 0 Å². The van der Waals surface area contributed by atoms with Gasteiger partial charge in [0, 0.05) is 44.7 Å². The Morgan fingerprint density at radius 1 is 1.04 bits per heavy atom. The van der Waals surface area contributed by atoms with Gasteiger partial charge in [-0.3, -0.25) is 9.69 Å². The lowest BCUT2D eigenvalue weighted by Crippen LogP contribution is -2.46. The zero-order chi connectivity index (χ0) is 19.7. The molecule has 1 amide bonds. The highest BCUT2D eigenvalue weighted by Gasteiger charge is 2.30. The van der Waals surface area contributed by atoms with E-state index >= 15 is 0 Å². The molecular formula is C23H25N3O2. The van der Waals surface area contributed by atoms with Gasteiger partial charge < -0.3 is 9.42 Å². The normalized spacial score (nSPS) is 15.1. The monoisotopic (exact) mass is 375 g/mol. The average Bonchev–Trinajstić information content (AvgIpc) is 3.16. The standard InChI is InChI=1S/C23H25N3O2/c1-16(23(27)25(2)3)26-14-13-21-20(15-26)22(24-28-21)19-11-9-18(10-12-19)17-7-5-4-6-8-17/h4-12,16H,13-15H2,1-3H3/t16-/m1/s1. The van der Waals surface area contributed by atoms with Gasteiger partial charge in [0.2, 0.25) is 5.91 Å². The summed E-state index contributed by atoms with van der Waals surface area (Å²) in [4.78, 5) is 16.2. The van der Waals surface area contributed by atoms with Gasteiger partial charge in [-0.15, -0.1) is 0 Å². The molecule has 0 fully saturated rings. The molecular weight excluding hydrogens is 350 g/mol. The lowest BCUT2D eigenvalue weighted by molar-refractivity contribution is -0.134. The Labute approximate surface area is 165 Å². The Balaban J connectivity index is 1.59. The Morgan fingerprint density at radius 2 is 1.68 bits per heavy atom. The molecule has 1 atom stereocenters. The van der Waals surface area contributed by atoms with Crippen LogP contribution >= 0.6 is 0 Å². The molecule has 0 aliphatic carbocycles. The van der Waals surface area contributed by atoms with Gasteiger partial charge in [-0.25, -0.2) is 0 Å². The fourth-order valence-electron chi connectivity index (χ4n) is 3.77. The minimum atomic E-state index is -0.161. The van der Waals surface area contributed by atoms with Gasteiger partial charge in [0.15, 0.2) is 0 Å². The minimum Gasteiger partial charge on any atom is -0.360 e. The van der Waals surface area contributed by atoms with Gasteiger partial charge >= 0.3 is 0 Å². The van der Waals surface area contributed by atoms with Crippen LogP contribution < -0.4 is 0 Å². The molecule has 5 nitrogen and oxygen atoms in total. The van der Waals surface area contributed by atoms with Crippen LogP contribution in [0.5, 0.6) is 0 Å². The summed E-state index contributed by atoms with van der Waals surface area (Å²) in [6.07, 6.45) is 0.773. The van der Waals surface area contributed by atoms with E-state index in [9.17, 15) is 4.79 Å². The fourth-order valence-corrected chi connectivity index (χ4v) is 3.77. The van der Waals surface area contributed by atoms with E-state index in [0.717, 1.165) is 35.5 Å². The Morgan fingerprint density at radius 3 is 2.36 bits per heavy atom. The van der Waals surface area contributed by atoms with Crippen molar-refractivity contribution >= 4 is 5.91 Å². The van der Waals surface area contributed by atoms with Gasteiger partial charge in [-0.05, 0) is 18.1 Å². The molecule has 3 aromatic rings. The molecule has 144 valence electrons. The number of likely N-dealkylation sites (N-methyl/N-ethyl adjacent to an activating group) is 1. The number of hydrogen-bond donors (Lipinski definition) is 0. The van der Waals surface area contributed by atoms with Crippen molar-refractivity contribution < 1.29 is 9.32 Å². The number of hydrogen-bond acceptors (Lipinski definition) is 4.